The van der Waals surface area contributed by atoms with Gasteiger partial charge >= 0.3 is 0 Å². The molecule has 212 valence electrons. The Bertz CT molecular complexity index is 1580. The first kappa shape index (κ1) is 27.9. The minimum Gasteiger partial charge on any atom is -0.387 e. The maximum atomic E-state index is 14.4. The van der Waals surface area contributed by atoms with Crippen LogP contribution in [0.4, 0.5) is 10.1 Å². The third-order valence-corrected chi connectivity index (χ3v) is 9.02. The zero-order valence-corrected chi connectivity index (χ0v) is 23.3. The molecule has 2 aliphatic rings. The smallest absolute Gasteiger partial charge is 0.255 e. The first-order chi connectivity index (χ1) is 18.8. The van der Waals surface area contributed by atoms with Crippen molar-refractivity contribution in [3.63, 3.8) is 0 Å². The van der Waals surface area contributed by atoms with Gasteiger partial charge in [0.05, 0.1) is 58.3 Å². The number of sulfonamides is 1. The highest BCUT2D eigenvalue weighted by molar-refractivity contribution is 7.88. The second-order valence-corrected chi connectivity index (χ2v) is 13.0. The van der Waals surface area contributed by atoms with Crippen LogP contribution < -0.4 is 10.6 Å². The summed E-state index contributed by atoms with van der Waals surface area (Å²) in [7, 11) is -3.32. The number of aliphatic hydroxyl groups is 1. The fourth-order valence-electron chi connectivity index (χ4n) is 5.69. The zero-order chi connectivity index (χ0) is 28.8. The average molecular weight is 570 g/mol. The Hall–Kier alpha value is -3.60. The second kappa shape index (κ2) is 10.4. The minimum atomic E-state index is -3.32. The Morgan fingerprint density at radius 1 is 1.25 bits per heavy atom. The second-order valence-electron chi connectivity index (χ2n) is 11.1. The number of piperidine rings is 1. The molecule has 4 atom stereocenters. The fraction of sp³-hybridized carbons (Fsp3) is 0.481. The maximum Gasteiger partial charge on any atom is 0.255 e. The van der Waals surface area contributed by atoms with Gasteiger partial charge in [-0.25, -0.2) is 17.3 Å². The van der Waals surface area contributed by atoms with Crippen LogP contribution in [-0.4, -0.2) is 81.0 Å². The van der Waals surface area contributed by atoms with Crippen molar-refractivity contribution in [2.75, 3.05) is 18.1 Å². The van der Waals surface area contributed by atoms with E-state index in [-0.39, 0.29) is 30.2 Å². The molecule has 2 saturated heterocycles. The van der Waals surface area contributed by atoms with Crippen molar-refractivity contribution >= 4 is 27.1 Å². The standard InChI is InChI=1S/C27H32FN7O4S/c1-27(2,37)25(28)15-31-26(36)21-14-30-23(24-7-6-18-8-16(12-29)13-32-34(18)24)11-22(21)33-17-9-19-4-5-20(10-17)35(19)40(3,38)39/h6-8,11,13-14,17,19-20,25,37H,4-5,9-10,15H2,1-3H3,(H,30,33)(H,31,36)/t17-,19+,20-,25-/m1/s1. The van der Waals surface area contributed by atoms with E-state index in [1.54, 1.807) is 21.0 Å². The number of pyridine rings is 1. The normalized spacial score (nSPS) is 22.1. The number of anilines is 1. The number of alkyl halides is 1. The van der Waals surface area contributed by atoms with E-state index in [0.29, 0.717) is 41.0 Å². The predicted molar refractivity (Wildman–Crippen MR) is 147 cm³/mol. The molecule has 3 N–H and O–H groups in total. The van der Waals surface area contributed by atoms with Gasteiger partial charge in [0, 0.05) is 24.3 Å². The number of amides is 1. The predicted octanol–water partition coefficient (Wildman–Crippen LogP) is 2.47. The van der Waals surface area contributed by atoms with E-state index < -0.39 is 27.7 Å². The quantitative estimate of drug-likeness (QED) is 0.374. The lowest BCUT2D eigenvalue weighted by Gasteiger charge is -2.38. The molecule has 0 aromatic carbocycles. The van der Waals surface area contributed by atoms with Crippen LogP contribution in [0, 0.1) is 11.3 Å². The van der Waals surface area contributed by atoms with E-state index in [0.717, 1.165) is 12.8 Å². The zero-order valence-electron chi connectivity index (χ0n) is 22.5. The molecule has 5 rings (SSSR count). The van der Waals surface area contributed by atoms with Crippen molar-refractivity contribution in [3.8, 4) is 17.5 Å². The van der Waals surface area contributed by atoms with E-state index in [1.165, 1.54) is 32.5 Å². The Balaban J connectivity index is 1.46. The number of nitriles is 1. The van der Waals surface area contributed by atoms with E-state index in [2.05, 4.69) is 26.8 Å². The van der Waals surface area contributed by atoms with Gasteiger partial charge in [-0.1, -0.05) is 0 Å². The molecule has 0 spiro atoms. The number of nitrogens with zero attached hydrogens (tertiary/aromatic N) is 5. The van der Waals surface area contributed by atoms with Gasteiger partial charge in [-0.2, -0.15) is 14.7 Å². The summed E-state index contributed by atoms with van der Waals surface area (Å²) in [4.78, 5) is 17.7. The number of carbonyl (C=O) groups excluding carboxylic acids is 1. The summed E-state index contributed by atoms with van der Waals surface area (Å²) < 4.78 is 42.3. The van der Waals surface area contributed by atoms with Gasteiger partial charge in [0.25, 0.3) is 5.91 Å². The number of rotatable bonds is 8. The van der Waals surface area contributed by atoms with E-state index in [4.69, 9.17) is 0 Å². The first-order valence-corrected chi connectivity index (χ1v) is 15.0. The van der Waals surface area contributed by atoms with Crippen molar-refractivity contribution in [3.05, 3.63) is 47.8 Å². The number of nitrogens with one attached hydrogen (secondary N) is 2. The van der Waals surface area contributed by atoms with Gasteiger partial charge in [0.1, 0.15) is 12.2 Å². The summed E-state index contributed by atoms with van der Waals surface area (Å²) in [5.41, 5.74) is 1.36. The molecule has 0 radical (unpaired) electrons. The fourth-order valence-corrected chi connectivity index (χ4v) is 7.16. The molecule has 1 amide bonds. The largest absolute Gasteiger partial charge is 0.387 e. The number of hydrogen-bond donors (Lipinski definition) is 3. The molecule has 40 heavy (non-hydrogen) atoms. The maximum absolute atomic E-state index is 14.4. The summed E-state index contributed by atoms with van der Waals surface area (Å²) in [6.07, 6.45) is 5.17. The van der Waals surface area contributed by atoms with Crippen LogP contribution in [0.15, 0.2) is 36.7 Å². The molecule has 5 heterocycles. The number of carbonyl (C=O) groups is 1. The lowest BCUT2D eigenvalue weighted by Crippen LogP contribution is -2.49. The molecule has 0 aliphatic carbocycles. The monoisotopic (exact) mass is 569 g/mol. The molecule has 3 aromatic heterocycles. The van der Waals surface area contributed by atoms with Crippen molar-refractivity contribution in [2.45, 2.75) is 69.4 Å². The molecule has 2 fully saturated rings. The van der Waals surface area contributed by atoms with Gasteiger partial charge in [0.15, 0.2) is 0 Å². The van der Waals surface area contributed by atoms with E-state index >= 15 is 0 Å². The van der Waals surface area contributed by atoms with Crippen molar-refractivity contribution < 1.29 is 22.7 Å². The Morgan fingerprint density at radius 2 is 1.95 bits per heavy atom. The van der Waals surface area contributed by atoms with Gasteiger partial charge in [-0.15, -0.1) is 0 Å². The number of hydrogen-bond acceptors (Lipinski definition) is 8. The van der Waals surface area contributed by atoms with E-state index in [9.17, 15) is 28.0 Å². The number of halogens is 1. The first-order valence-electron chi connectivity index (χ1n) is 13.1. The van der Waals surface area contributed by atoms with Crippen LogP contribution in [-0.2, 0) is 10.0 Å². The Morgan fingerprint density at radius 3 is 2.58 bits per heavy atom. The summed E-state index contributed by atoms with van der Waals surface area (Å²) >= 11 is 0. The van der Waals surface area contributed by atoms with Gasteiger partial charge < -0.3 is 15.7 Å². The van der Waals surface area contributed by atoms with Crippen LogP contribution in [0.5, 0.6) is 0 Å². The SMILES string of the molecule is CC(C)(O)[C@H](F)CNC(=O)c1cnc(-c2ccc3cc(C#N)cnn23)cc1N[C@H]1C[C@H]2CC[C@@H](C1)N2S(C)(=O)=O. The lowest BCUT2D eigenvalue weighted by atomic mass is 9.98. The Labute approximate surface area is 232 Å². The van der Waals surface area contributed by atoms with Gasteiger partial charge in [-0.3, -0.25) is 9.78 Å². The lowest BCUT2D eigenvalue weighted by molar-refractivity contribution is -0.00177. The highest BCUT2D eigenvalue weighted by atomic mass is 32.2. The topological polar surface area (TPSA) is 153 Å². The van der Waals surface area contributed by atoms with Crippen molar-refractivity contribution in [1.82, 2.24) is 24.2 Å². The third-order valence-electron chi connectivity index (χ3n) is 7.66. The average Bonchev–Trinajstić information content (AvgIpc) is 3.44. The van der Waals surface area contributed by atoms with Gasteiger partial charge in [0.2, 0.25) is 10.0 Å². The van der Waals surface area contributed by atoms with E-state index in [1.807, 2.05) is 12.1 Å². The molecular formula is C27H32FN7O4S. The molecule has 2 bridgehead atoms. The molecule has 2 aliphatic heterocycles. The molecule has 3 aromatic rings. The molecule has 11 nitrogen and oxygen atoms in total. The minimum absolute atomic E-state index is 0.0945. The Kier molecular flexibility index (Phi) is 7.28. The van der Waals surface area contributed by atoms with Crippen molar-refractivity contribution in [1.29, 1.82) is 5.26 Å². The summed E-state index contributed by atoms with van der Waals surface area (Å²) in [5.74, 6) is -0.554. The van der Waals surface area contributed by atoms with Crippen LogP contribution in [0.3, 0.4) is 0 Å². The molecule has 0 saturated carbocycles. The van der Waals surface area contributed by atoms with Crippen molar-refractivity contribution in [2.24, 2.45) is 0 Å². The molecular weight excluding hydrogens is 537 g/mol. The van der Waals surface area contributed by atoms with Crippen LogP contribution in [0.1, 0.15) is 55.5 Å². The summed E-state index contributed by atoms with van der Waals surface area (Å²) in [6.45, 7) is 2.29. The number of aromatic nitrogens is 3. The van der Waals surface area contributed by atoms with Crippen LogP contribution in [0.2, 0.25) is 0 Å². The van der Waals surface area contributed by atoms with Gasteiger partial charge in [-0.05, 0) is 63.8 Å². The highest BCUT2D eigenvalue weighted by Gasteiger charge is 2.45. The molecule has 0 unspecified atom stereocenters. The summed E-state index contributed by atoms with van der Waals surface area (Å²) in [6, 6.07) is 8.81. The molecule has 13 heteroatoms. The summed E-state index contributed by atoms with van der Waals surface area (Å²) in [5, 5.41) is 29.4. The highest BCUT2D eigenvalue weighted by Crippen LogP contribution is 2.39. The van der Waals surface area contributed by atoms with Crippen LogP contribution in [0.25, 0.3) is 16.9 Å². The number of fused-ring (bicyclic) bond motifs is 3. The third kappa shape index (κ3) is 5.52. The van der Waals surface area contributed by atoms with Crippen LogP contribution >= 0.6 is 0 Å².